The maximum atomic E-state index is 4.87. The highest BCUT2D eigenvalue weighted by Gasteiger charge is 2.36. The molecule has 2 aromatic heterocycles. The molecule has 0 spiro atoms. The largest absolute Gasteiger partial charge is 0.255 e. The van der Waals surface area contributed by atoms with E-state index in [-0.39, 0.29) is 0 Å². The smallest absolute Gasteiger partial charge is 0.0889 e. The number of nitrogens with zero attached hydrogens (tertiary/aromatic N) is 2. The van der Waals surface area contributed by atoms with Gasteiger partial charge in [0.1, 0.15) is 0 Å². The molecule has 0 atom stereocenters. The van der Waals surface area contributed by atoms with Gasteiger partial charge in [-0.2, -0.15) is 0 Å². The van der Waals surface area contributed by atoms with E-state index in [2.05, 4.69) is 58.7 Å². The molecule has 2 aromatic rings. The number of aromatic nitrogens is 2. The molecule has 0 aliphatic heterocycles. The molecule has 0 N–H and O–H groups in total. The molecule has 0 amide bonds. The van der Waals surface area contributed by atoms with Gasteiger partial charge in [0.2, 0.25) is 0 Å². The molecule has 2 nitrogen and oxygen atoms in total. The van der Waals surface area contributed by atoms with E-state index in [1.807, 2.05) is 30.5 Å². The Morgan fingerprint density at radius 3 is 2.00 bits per heavy atom. The van der Waals surface area contributed by atoms with Gasteiger partial charge in [0.25, 0.3) is 0 Å². The van der Waals surface area contributed by atoms with E-state index in [0.29, 0.717) is 10.1 Å². The van der Waals surface area contributed by atoms with Crippen LogP contribution in [0.4, 0.5) is 0 Å². The minimum atomic E-state index is -0.609. The van der Waals surface area contributed by atoms with Gasteiger partial charge in [0, 0.05) is 11.9 Å². The molecule has 0 fully saturated rings. The van der Waals surface area contributed by atoms with Crippen molar-refractivity contribution in [3.8, 4) is 11.4 Å². The molecule has 0 bridgehead atoms. The minimum Gasteiger partial charge on any atom is -0.255 e. The minimum absolute atomic E-state index is 0.353. The zero-order chi connectivity index (χ0) is 16.4. The van der Waals surface area contributed by atoms with Crippen LogP contribution >= 0.6 is 0 Å². The average molecular weight is 312 g/mol. The Kier molecular flexibility index (Phi) is 4.86. The highest BCUT2D eigenvalue weighted by Crippen LogP contribution is 2.43. The molecular formula is C19H27N2Si. The Balaban J connectivity index is 2.30. The van der Waals surface area contributed by atoms with Crippen molar-refractivity contribution < 1.29 is 0 Å². The zero-order valence-electron chi connectivity index (χ0n) is 14.6. The molecule has 3 heteroatoms. The molecule has 2 rings (SSSR count). The summed E-state index contributed by atoms with van der Waals surface area (Å²) in [6.07, 6.45) is 1.82. The van der Waals surface area contributed by atoms with Gasteiger partial charge in [0.15, 0.2) is 0 Å². The van der Waals surface area contributed by atoms with Gasteiger partial charge in [-0.05, 0) is 40.4 Å². The van der Waals surface area contributed by atoms with Crippen molar-refractivity contribution >= 4 is 8.80 Å². The van der Waals surface area contributed by atoms with Crippen molar-refractivity contribution in [1.82, 2.24) is 9.97 Å². The topological polar surface area (TPSA) is 25.8 Å². The normalized spacial score (nSPS) is 12.7. The maximum Gasteiger partial charge on any atom is 0.0889 e. The van der Waals surface area contributed by atoms with Gasteiger partial charge in [0.05, 0.1) is 20.2 Å². The van der Waals surface area contributed by atoms with Crippen molar-refractivity contribution in [2.75, 3.05) is 0 Å². The third-order valence-electron chi connectivity index (χ3n) is 3.90. The number of hydrogen-bond acceptors (Lipinski definition) is 2. The monoisotopic (exact) mass is 311 g/mol. The fourth-order valence-electron chi connectivity index (χ4n) is 3.07. The fourth-order valence-corrected chi connectivity index (χ4v) is 6.94. The number of rotatable bonds is 3. The summed E-state index contributed by atoms with van der Waals surface area (Å²) in [5, 5.41) is 0.706. The molecule has 0 aromatic carbocycles. The van der Waals surface area contributed by atoms with Crippen molar-refractivity contribution in [3.05, 3.63) is 48.3 Å². The van der Waals surface area contributed by atoms with Gasteiger partial charge in [-0.1, -0.05) is 53.7 Å². The Hall–Kier alpha value is -1.48. The molecule has 1 radical (unpaired) electrons. The number of hydrogen-bond donors (Lipinski definition) is 0. The van der Waals surface area contributed by atoms with Crippen LogP contribution in [0.2, 0.25) is 10.1 Å². The first-order valence-corrected chi connectivity index (χ1v) is 9.63. The van der Waals surface area contributed by atoms with E-state index < -0.39 is 8.80 Å². The van der Waals surface area contributed by atoms with Gasteiger partial charge in [-0.25, -0.2) is 0 Å². The van der Waals surface area contributed by atoms with E-state index >= 15 is 0 Å². The van der Waals surface area contributed by atoms with Crippen LogP contribution in [-0.4, -0.2) is 18.8 Å². The Morgan fingerprint density at radius 2 is 1.45 bits per heavy atom. The second-order valence-corrected chi connectivity index (χ2v) is 12.2. The van der Waals surface area contributed by atoms with Crippen molar-refractivity contribution in [2.45, 2.75) is 57.7 Å². The molecule has 117 valence electrons. The molecule has 0 saturated carbocycles. The molecular weight excluding hydrogens is 284 g/mol. The summed E-state index contributed by atoms with van der Waals surface area (Å²) in [6.45, 7) is 14.2. The summed E-state index contributed by atoms with van der Waals surface area (Å²) in [5.41, 5.74) is 3.12. The Bertz CT molecular complexity index is 595. The zero-order valence-corrected chi connectivity index (χ0v) is 15.6. The van der Waals surface area contributed by atoms with Gasteiger partial charge < -0.3 is 0 Å². The SMILES string of the molecule is CC(C)(C)[Si](Cc1cccc(-c2ccccn2)n1)C(C)(C)C. The predicted molar refractivity (Wildman–Crippen MR) is 96.4 cm³/mol. The van der Waals surface area contributed by atoms with Crippen molar-refractivity contribution in [1.29, 1.82) is 0 Å². The fraction of sp³-hybridized carbons (Fsp3) is 0.474. The van der Waals surface area contributed by atoms with Gasteiger partial charge in [-0.15, -0.1) is 0 Å². The average Bonchev–Trinajstić information content (AvgIpc) is 2.44. The van der Waals surface area contributed by atoms with E-state index in [9.17, 15) is 0 Å². The van der Waals surface area contributed by atoms with E-state index in [1.54, 1.807) is 0 Å². The third-order valence-corrected chi connectivity index (χ3v) is 8.24. The first-order chi connectivity index (χ1) is 10.2. The summed E-state index contributed by atoms with van der Waals surface area (Å²) in [5.74, 6) is 0. The summed E-state index contributed by atoms with van der Waals surface area (Å²) in [4.78, 5) is 9.29. The highest BCUT2D eigenvalue weighted by molar-refractivity contribution is 6.64. The van der Waals surface area contributed by atoms with Crippen LogP contribution in [0.25, 0.3) is 11.4 Å². The van der Waals surface area contributed by atoms with Crippen LogP contribution in [0, 0.1) is 0 Å². The molecule has 0 aliphatic carbocycles. The summed E-state index contributed by atoms with van der Waals surface area (Å²) >= 11 is 0. The Morgan fingerprint density at radius 1 is 0.818 bits per heavy atom. The maximum absolute atomic E-state index is 4.87. The van der Waals surface area contributed by atoms with Crippen LogP contribution < -0.4 is 0 Å². The lowest BCUT2D eigenvalue weighted by molar-refractivity contribution is 0.635. The van der Waals surface area contributed by atoms with E-state index in [1.165, 1.54) is 5.69 Å². The molecule has 0 unspecified atom stereocenters. The van der Waals surface area contributed by atoms with Crippen molar-refractivity contribution in [2.24, 2.45) is 0 Å². The lowest BCUT2D eigenvalue weighted by Gasteiger charge is -2.39. The Labute approximate surface area is 136 Å². The van der Waals surface area contributed by atoms with Crippen LogP contribution in [0.15, 0.2) is 42.6 Å². The second kappa shape index (κ2) is 6.33. The van der Waals surface area contributed by atoms with Crippen LogP contribution in [0.5, 0.6) is 0 Å². The highest BCUT2D eigenvalue weighted by atomic mass is 28.3. The summed E-state index contributed by atoms with van der Waals surface area (Å²) < 4.78 is 0. The molecule has 0 saturated heterocycles. The van der Waals surface area contributed by atoms with Crippen LogP contribution in [0.1, 0.15) is 47.2 Å². The van der Waals surface area contributed by atoms with Crippen LogP contribution in [-0.2, 0) is 6.04 Å². The van der Waals surface area contributed by atoms with Crippen LogP contribution in [0.3, 0.4) is 0 Å². The van der Waals surface area contributed by atoms with E-state index in [4.69, 9.17) is 4.98 Å². The molecule has 2 heterocycles. The summed E-state index contributed by atoms with van der Waals surface area (Å²) in [6, 6.07) is 13.4. The van der Waals surface area contributed by atoms with Crippen molar-refractivity contribution in [3.63, 3.8) is 0 Å². The lowest BCUT2D eigenvalue weighted by Crippen LogP contribution is -2.37. The molecule has 22 heavy (non-hydrogen) atoms. The first kappa shape index (κ1) is 16.9. The molecule has 0 aliphatic rings. The van der Waals surface area contributed by atoms with Gasteiger partial charge in [-0.3, -0.25) is 9.97 Å². The van der Waals surface area contributed by atoms with Gasteiger partial charge >= 0.3 is 0 Å². The van der Waals surface area contributed by atoms with E-state index in [0.717, 1.165) is 17.4 Å². The standard InChI is InChI=1S/C19H27N2Si/c1-18(2,3)22(19(4,5)6)14-15-10-9-12-17(21-15)16-11-7-8-13-20-16/h7-13H,14H2,1-6H3. The second-order valence-electron chi connectivity index (χ2n) is 7.88. The quantitative estimate of drug-likeness (QED) is 0.717. The number of pyridine rings is 2. The first-order valence-electron chi connectivity index (χ1n) is 7.92. The third kappa shape index (κ3) is 4.26. The lowest BCUT2D eigenvalue weighted by atomic mass is 10.2. The predicted octanol–water partition coefficient (Wildman–Crippen LogP) is 5.32. The summed E-state index contributed by atoms with van der Waals surface area (Å²) in [7, 11) is -0.609.